The highest BCUT2D eigenvalue weighted by Gasteiger charge is 2.29. The Labute approximate surface area is 117 Å². The van der Waals surface area contributed by atoms with E-state index in [1.807, 2.05) is 14.1 Å². The number of benzene rings is 1. The van der Waals surface area contributed by atoms with Crippen LogP contribution in [0.15, 0.2) is 24.3 Å². The minimum atomic E-state index is 0.528. The lowest BCUT2D eigenvalue weighted by atomic mass is 10.2. The van der Waals surface area contributed by atoms with Crippen LogP contribution in [0, 0.1) is 11.3 Å². The average molecular weight is 269 g/mol. The predicted octanol–water partition coefficient (Wildman–Crippen LogP) is 3.63. The standard InChI is InChI=1S/C15H15N3S/c1-18(2)12-7-5-11(6-8-12)15-17-14(10-3-4-10)13(9-16)19-15/h5-8,10H,3-4H2,1-2H3. The second-order valence-electron chi connectivity index (χ2n) is 5.06. The molecule has 3 nitrogen and oxygen atoms in total. The number of thiazole rings is 1. The lowest BCUT2D eigenvalue weighted by molar-refractivity contribution is 1.04. The van der Waals surface area contributed by atoms with Gasteiger partial charge in [-0.3, -0.25) is 0 Å². The van der Waals surface area contributed by atoms with E-state index in [1.54, 1.807) is 0 Å². The van der Waals surface area contributed by atoms with Gasteiger partial charge in [-0.25, -0.2) is 4.98 Å². The molecule has 19 heavy (non-hydrogen) atoms. The smallest absolute Gasteiger partial charge is 0.128 e. The van der Waals surface area contributed by atoms with Gasteiger partial charge in [0.1, 0.15) is 16.0 Å². The largest absolute Gasteiger partial charge is 0.378 e. The molecule has 0 radical (unpaired) electrons. The third kappa shape index (κ3) is 2.34. The van der Waals surface area contributed by atoms with E-state index < -0.39 is 0 Å². The summed E-state index contributed by atoms with van der Waals surface area (Å²) in [7, 11) is 4.05. The summed E-state index contributed by atoms with van der Waals surface area (Å²) in [5.74, 6) is 0.528. The Bertz CT molecular complexity index is 630. The van der Waals surface area contributed by atoms with Crippen molar-refractivity contribution in [2.45, 2.75) is 18.8 Å². The number of hydrogen-bond acceptors (Lipinski definition) is 4. The van der Waals surface area contributed by atoms with E-state index in [0.717, 1.165) is 21.1 Å². The van der Waals surface area contributed by atoms with Crippen LogP contribution in [-0.2, 0) is 0 Å². The lowest BCUT2D eigenvalue weighted by Gasteiger charge is -2.11. The zero-order chi connectivity index (χ0) is 13.4. The van der Waals surface area contributed by atoms with Gasteiger partial charge in [0.05, 0.1) is 5.69 Å². The van der Waals surface area contributed by atoms with E-state index in [1.165, 1.54) is 29.9 Å². The first kappa shape index (κ1) is 12.2. The fourth-order valence-electron chi connectivity index (χ4n) is 2.07. The minimum Gasteiger partial charge on any atom is -0.378 e. The zero-order valence-electron chi connectivity index (χ0n) is 11.1. The molecule has 1 aromatic carbocycles. The zero-order valence-corrected chi connectivity index (χ0v) is 11.9. The van der Waals surface area contributed by atoms with Gasteiger partial charge >= 0.3 is 0 Å². The van der Waals surface area contributed by atoms with Gasteiger partial charge in [0.25, 0.3) is 0 Å². The lowest BCUT2D eigenvalue weighted by Crippen LogP contribution is -2.07. The first-order valence-corrected chi connectivity index (χ1v) is 7.19. The summed E-state index contributed by atoms with van der Waals surface area (Å²) in [6, 6.07) is 10.6. The van der Waals surface area contributed by atoms with Crippen molar-refractivity contribution >= 4 is 17.0 Å². The van der Waals surface area contributed by atoms with Crippen LogP contribution in [0.1, 0.15) is 29.3 Å². The summed E-state index contributed by atoms with van der Waals surface area (Å²) in [6.07, 6.45) is 2.36. The Balaban J connectivity index is 1.95. The van der Waals surface area contributed by atoms with Gasteiger partial charge in [-0.2, -0.15) is 5.26 Å². The van der Waals surface area contributed by atoms with Gasteiger partial charge in [0.15, 0.2) is 0 Å². The van der Waals surface area contributed by atoms with Gasteiger partial charge in [0.2, 0.25) is 0 Å². The molecule has 96 valence electrons. The van der Waals surface area contributed by atoms with E-state index in [4.69, 9.17) is 0 Å². The van der Waals surface area contributed by atoms with Crippen molar-refractivity contribution in [2.24, 2.45) is 0 Å². The highest BCUT2D eigenvalue weighted by Crippen LogP contribution is 2.43. The van der Waals surface area contributed by atoms with E-state index in [0.29, 0.717) is 5.92 Å². The maximum absolute atomic E-state index is 9.19. The molecule has 0 aliphatic heterocycles. The number of anilines is 1. The van der Waals surface area contributed by atoms with Gasteiger partial charge in [-0.15, -0.1) is 11.3 Å². The Kier molecular flexibility index (Phi) is 3.00. The van der Waals surface area contributed by atoms with Crippen LogP contribution >= 0.6 is 11.3 Å². The molecule has 1 aliphatic rings. The number of rotatable bonds is 3. The molecule has 2 aromatic rings. The van der Waals surface area contributed by atoms with Crippen LogP contribution in [0.2, 0.25) is 0 Å². The van der Waals surface area contributed by atoms with Crippen molar-refractivity contribution in [2.75, 3.05) is 19.0 Å². The number of hydrogen-bond donors (Lipinski definition) is 0. The summed E-state index contributed by atoms with van der Waals surface area (Å²) >= 11 is 1.51. The maximum atomic E-state index is 9.19. The molecule has 4 heteroatoms. The number of nitrogens with zero attached hydrogens (tertiary/aromatic N) is 3. The molecule has 1 saturated carbocycles. The van der Waals surface area contributed by atoms with E-state index in [9.17, 15) is 5.26 Å². The fourth-order valence-corrected chi connectivity index (χ4v) is 3.02. The van der Waals surface area contributed by atoms with Crippen molar-refractivity contribution in [3.8, 4) is 16.6 Å². The molecule has 0 unspecified atom stereocenters. The van der Waals surface area contributed by atoms with Gasteiger partial charge in [0, 0.05) is 31.3 Å². The molecule has 0 spiro atoms. The van der Waals surface area contributed by atoms with E-state index in [2.05, 4.69) is 40.2 Å². The fraction of sp³-hybridized carbons (Fsp3) is 0.333. The van der Waals surface area contributed by atoms with Crippen LogP contribution < -0.4 is 4.90 Å². The minimum absolute atomic E-state index is 0.528. The van der Waals surface area contributed by atoms with Crippen LogP contribution in [0.3, 0.4) is 0 Å². The second-order valence-corrected chi connectivity index (χ2v) is 6.06. The summed E-state index contributed by atoms with van der Waals surface area (Å²) in [6.45, 7) is 0. The van der Waals surface area contributed by atoms with Crippen molar-refractivity contribution in [3.63, 3.8) is 0 Å². The highest BCUT2D eigenvalue weighted by atomic mass is 32.1. The molecule has 0 atom stereocenters. The SMILES string of the molecule is CN(C)c1ccc(-c2nc(C3CC3)c(C#N)s2)cc1. The molecule has 3 rings (SSSR count). The quantitative estimate of drug-likeness (QED) is 0.854. The maximum Gasteiger partial charge on any atom is 0.128 e. The molecular formula is C15H15N3S. The predicted molar refractivity (Wildman–Crippen MR) is 78.6 cm³/mol. The Morgan fingerprint density at radius 2 is 1.95 bits per heavy atom. The Hall–Kier alpha value is -1.86. The molecule has 1 fully saturated rings. The molecule has 0 N–H and O–H groups in total. The van der Waals surface area contributed by atoms with Gasteiger partial charge in [-0.1, -0.05) is 0 Å². The summed E-state index contributed by atoms with van der Waals surface area (Å²) in [4.78, 5) is 7.53. The number of nitriles is 1. The topological polar surface area (TPSA) is 39.9 Å². The van der Waals surface area contributed by atoms with Crippen LogP contribution in [-0.4, -0.2) is 19.1 Å². The first-order chi connectivity index (χ1) is 9.19. The third-order valence-corrected chi connectivity index (χ3v) is 4.37. The van der Waals surface area contributed by atoms with Crippen LogP contribution in [0.25, 0.3) is 10.6 Å². The van der Waals surface area contributed by atoms with Gasteiger partial charge < -0.3 is 4.90 Å². The molecule has 1 aliphatic carbocycles. The van der Waals surface area contributed by atoms with E-state index >= 15 is 0 Å². The highest BCUT2D eigenvalue weighted by molar-refractivity contribution is 7.15. The Morgan fingerprint density at radius 1 is 1.26 bits per heavy atom. The van der Waals surface area contributed by atoms with Crippen molar-refractivity contribution in [1.29, 1.82) is 5.26 Å². The van der Waals surface area contributed by atoms with Crippen molar-refractivity contribution in [3.05, 3.63) is 34.8 Å². The molecule has 0 saturated heterocycles. The summed E-state index contributed by atoms with van der Waals surface area (Å²) in [5.41, 5.74) is 3.28. The van der Waals surface area contributed by atoms with Crippen molar-refractivity contribution in [1.82, 2.24) is 4.98 Å². The number of aromatic nitrogens is 1. The molecular weight excluding hydrogens is 254 g/mol. The third-order valence-electron chi connectivity index (χ3n) is 3.35. The average Bonchev–Trinajstić information content (AvgIpc) is 3.18. The Morgan fingerprint density at radius 3 is 2.47 bits per heavy atom. The van der Waals surface area contributed by atoms with E-state index in [-0.39, 0.29) is 0 Å². The van der Waals surface area contributed by atoms with Crippen LogP contribution in [0.4, 0.5) is 5.69 Å². The summed E-state index contributed by atoms with van der Waals surface area (Å²) < 4.78 is 0. The second kappa shape index (κ2) is 4.67. The molecule has 1 heterocycles. The monoisotopic (exact) mass is 269 g/mol. The van der Waals surface area contributed by atoms with Crippen molar-refractivity contribution < 1.29 is 0 Å². The summed E-state index contributed by atoms with van der Waals surface area (Å²) in [5, 5.41) is 10.1. The molecule has 1 aromatic heterocycles. The molecule has 0 bridgehead atoms. The molecule has 0 amide bonds. The first-order valence-electron chi connectivity index (χ1n) is 6.37. The van der Waals surface area contributed by atoms with Crippen LogP contribution in [0.5, 0.6) is 0 Å². The van der Waals surface area contributed by atoms with Gasteiger partial charge in [-0.05, 0) is 37.1 Å². The normalized spacial score (nSPS) is 14.2.